The quantitative estimate of drug-likeness (QED) is 0.747. The number of carboxylic acids is 1. The average Bonchev–Trinajstić information content (AvgIpc) is 2.79. The van der Waals surface area contributed by atoms with Crippen molar-refractivity contribution in [3.8, 4) is 0 Å². The Hall–Kier alpha value is -2.47. The van der Waals surface area contributed by atoms with Crippen LogP contribution < -0.4 is 5.32 Å². The number of anilines is 2. The number of rotatable bonds is 3. The first-order chi connectivity index (χ1) is 10.5. The lowest BCUT2D eigenvalue weighted by Gasteiger charge is -2.07. The van der Waals surface area contributed by atoms with E-state index in [4.69, 9.17) is 0 Å². The Morgan fingerprint density at radius 2 is 2.05 bits per heavy atom. The van der Waals surface area contributed by atoms with E-state index in [-0.39, 0.29) is 11.3 Å². The van der Waals surface area contributed by atoms with Crippen LogP contribution >= 0.6 is 11.3 Å². The number of hydrogen-bond acceptors (Lipinski definition) is 4. The Labute approximate surface area is 130 Å². The summed E-state index contributed by atoms with van der Waals surface area (Å²) in [6, 6.07) is 8.26. The van der Waals surface area contributed by atoms with Gasteiger partial charge < -0.3 is 10.4 Å². The van der Waals surface area contributed by atoms with E-state index >= 15 is 0 Å². The minimum Gasteiger partial charge on any atom is -0.478 e. The van der Waals surface area contributed by atoms with Gasteiger partial charge in [0, 0.05) is 11.1 Å². The summed E-state index contributed by atoms with van der Waals surface area (Å²) in [4.78, 5) is 16.5. The summed E-state index contributed by atoms with van der Waals surface area (Å²) < 4.78 is 14.0. The van der Waals surface area contributed by atoms with Crippen molar-refractivity contribution >= 4 is 38.2 Å². The summed E-state index contributed by atoms with van der Waals surface area (Å²) in [6.07, 6.45) is 0. The molecule has 112 valence electrons. The van der Waals surface area contributed by atoms with E-state index in [9.17, 15) is 14.3 Å². The highest BCUT2D eigenvalue weighted by Crippen LogP contribution is 2.37. The lowest BCUT2D eigenvalue weighted by Crippen LogP contribution is -2.01. The van der Waals surface area contributed by atoms with Crippen LogP contribution in [0.2, 0.25) is 0 Å². The first-order valence-corrected chi connectivity index (χ1v) is 7.44. The number of nitrogens with one attached hydrogen (secondary N) is 1. The zero-order valence-corrected chi connectivity index (χ0v) is 12.8. The van der Waals surface area contributed by atoms with Crippen LogP contribution in [-0.4, -0.2) is 16.1 Å². The molecule has 1 aromatic carbocycles. The number of carboxylic acid groups (broad SMARTS) is 1. The molecule has 0 fully saturated rings. The predicted molar refractivity (Wildman–Crippen MR) is 85.7 cm³/mol. The van der Waals surface area contributed by atoms with Gasteiger partial charge in [0.05, 0.1) is 5.69 Å². The highest BCUT2D eigenvalue weighted by atomic mass is 32.1. The number of carbonyl (C=O) groups is 1. The van der Waals surface area contributed by atoms with E-state index in [1.54, 1.807) is 31.2 Å². The van der Waals surface area contributed by atoms with Crippen molar-refractivity contribution in [2.75, 3.05) is 5.32 Å². The van der Waals surface area contributed by atoms with Crippen molar-refractivity contribution < 1.29 is 14.3 Å². The zero-order valence-electron chi connectivity index (χ0n) is 12.0. The lowest BCUT2D eigenvalue weighted by molar-refractivity contribution is 0.0700. The Morgan fingerprint density at radius 1 is 1.27 bits per heavy atom. The lowest BCUT2D eigenvalue weighted by atomic mass is 10.2. The SMILES string of the molecule is Cc1ccc(Nc2sc3nc(C)ccc3c2C(=O)O)c(F)c1. The van der Waals surface area contributed by atoms with E-state index < -0.39 is 11.8 Å². The molecule has 0 aliphatic rings. The van der Waals surface area contributed by atoms with Gasteiger partial charge in [0.2, 0.25) is 0 Å². The Balaban J connectivity index is 2.13. The molecule has 0 bridgehead atoms. The molecule has 0 atom stereocenters. The number of halogens is 1. The molecule has 0 amide bonds. The van der Waals surface area contributed by atoms with Gasteiger partial charge in [-0.1, -0.05) is 17.4 Å². The molecule has 22 heavy (non-hydrogen) atoms. The van der Waals surface area contributed by atoms with Crippen molar-refractivity contribution in [1.82, 2.24) is 4.98 Å². The molecule has 0 saturated carbocycles. The first-order valence-electron chi connectivity index (χ1n) is 6.62. The molecule has 0 radical (unpaired) electrons. The maximum atomic E-state index is 14.0. The first kappa shape index (κ1) is 14.5. The maximum absolute atomic E-state index is 14.0. The Kier molecular flexibility index (Phi) is 3.54. The molecule has 3 rings (SSSR count). The fourth-order valence-electron chi connectivity index (χ4n) is 2.22. The molecule has 4 nitrogen and oxygen atoms in total. The van der Waals surface area contributed by atoms with Crippen LogP contribution in [0.3, 0.4) is 0 Å². The van der Waals surface area contributed by atoms with Gasteiger partial charge in [-0.25, -0.2) is 14.2 Å². The minimum atomic E-state index is -1.06. The number of benzene rings is 1. The smallest absolute Gasteiger partial charge is 0.339 e. The van der Waals surface area contributed by atoms with Gasteiger partial charge >= 0.3 is 5.97 Å². The molecule has 2 heterocycles. The standard InChI is InChI=1S/C16H13FN2O2S/c1-8-3-6-12(11(17)7-8)19-15-13(16(20)21)10-5-4-9(2)18-14(10)22-15/h3-7,19H,1-2H3,(H,20,21). The summed E-state index contributed by atoms with van der Waals surface area (Å²) in [5, 5.41) is 13.3. The molecule has 2 N–H and O–H groups in total. The number of aromatic nitrogens is 1. The Bertz CT molecular complexity index is 889. The number of nitrogens with zero attached hydrogens (tertiary/aromatic N) is 1. The van der Waals surface area contributed by atoms with E-state index in [2.05, 4.69) is 10.3 Å². The average molecular weight is 316 g/mol. The van der Waals surface area contributed by atoms with Crippen molar-refractivity contribution in [3.63, 3.8) is 0 Å². The molecular formula is C16H13FN2O2S. The van der Waals surface area contributed by atoms with Crippen LogP contribution in [0.4, 0.5) is 15.1 Å². The Morgan fingerprint density at radius 3 is 2.73 bits per heavy atom. The van der Waals surface area contributed by atoms with E-state index in [0.717, 1.165) is 11.3 Å². The largest absolute Gasteiger partial charge is 0.478 e. The summed E-state index contributed by atoms with van der Waals surface area (Å²) >= 11 is 1.20. The molecular weight excluding hydrogens is 303 g/mol. The molecule has 0 saturated heterocycles. The molecule has 3 aromatic rings. The summed E-state index contributed by atoms with van der Waals surface area (Å²) in [6.45, 7) is 3.63. The minimum absolute atomic E-state index is 0.118. The topological polar surface area (TPSA) is 62.2 Å². The summed E-state index contributed by atoms with van der Waals surface area (Å²) in [5.74, 6) is -1.48. The number of aromatic carboxylic acids is 1. The van der Waals surface area contributed by atoms with Crippen LogP contribution in [0, 0.1) is 19.7 Å². The van der Waals surface area contributed by atoms with Gasteiger partial charge in [-0.05, 0) is 43.7 Å². The summed E-state index contributed by atoms with van der Waals surface area (Å²) in [5.41, 5.74) is 1.97. The monoisotopic (exact) mass is 316 g/mol. The van der Waals surface area contributed by atoms with Gasteiger partial charge in [-0.15, -0.1) is 0 Å². The molecule has 0 aliphatic carbocycles. The molecule has 2 aromatic heterocycles. The molecule has 6 heteroatoms. The van der Waals surface area contributed by atoms with Gasteiger partial charge in [0.25, 0.3) is 0 Å². The van der Waals surface area contributed by atoms with E-state index in [1.807, 2.05) is 6.92 Å². The van der Waals surface area contributed by atoms with Crippen LogP contribution in [-0.2, 0) is 0 Å². The van der Waals surface area contributed by atoms with Gasteiger partial charge in [-0.3, -0.25) is 0 Å². The van der Waals surface area contributed by atoms with Crippen LogP contribution in [0.15, 0.2) is 30.3 Å². The summed E-state index contributed by atoms with van der Waals surface area (Å²) in [7, 11) is 0. The van der Waals surface area contributed by atoms with Crippen LogP contribution in [0.5, 0.6) is 0 Å². The zero-order chi connectivity index (χ0) is 15.9. The number of aryl methyl sites for hydroxylation is 2. The van der Waals surface area contributed by atoms with Crippen molar-refractivity contribution in [2.45, 2.75) is 13.8 Å². The predicted octanol–water partition coefficient (Wildman–Crippen LogP) is 4.49. The van der Waals surface area contributed by atoms with Crippen molar-refractivity contribution in [2.24, 2.45) is 0 Å². The highest BCUT2D eigenvalue weighted by molar-refractivity contribution is 7.23. The second kappa shape index (κ2) is 5.38. The molecule has 0 unspecified atom stereocenters. The third-order valence-corrected chi connectivity index (χ3v) is 4.30. The van der Waals surface area contributed by atoms with Crippen molar-refractivity contribution in [1.29, 1.82) is 0 Å². The molecule has 0 spiro atoms. The fraction of sp³-hybridized carbons (Fsp3) is 0.125. The second-order valence-electron chi connectivity index (χ2n) is 5.02. The third-order valence-electron chi connectivity index (χ3n) is 3.28. The molecule has 0 aliphatic heterocycles. The van der Waals surface area contributed by atoms with Crippen LogP contribution in [0.25, 0.3) is 10.2 Å². The third kappa shape index (κ3) is 2.53. The maximum Gasteiger partial charge on any atom is 0.339 e. The second-order valence-corrected chi connectivity index (χ2v) is 6.02. The van der Waals surface area contributed by atoms with Crippen molar-refractivity contribution in [3.05, 3.63) is 53.0 Å². The normalized spacial score (nSPS) is 10.9. The van der Waals surface area contributed by atoms with E-state index in [0.29, 0.717) is 15.2 Å². The number of thiophene rings is 1. The van der Waals surface area contributed by atoms with E-state index in [1.165, 1.54) is 17.4 Å². The van der Waals surface area contributed by atoms with Gasteiger partial charge in [-0.2, -0.15) is 0 Å². The fourth-order valence-corrected chi connectivity index (χ4v) is 3.34. The highest BCUT2D eigenvalue weighted by Gasteiger charge is 2.20. The van der Waals surface area contributed by atoms with Gasteiger partial charge in [0.1, 0.15) is 21.2 Å². The number of pyridine rings is 1. The van der Waals surface area contributed by atoms with Crippen LogP contribution in [0.1, 0.15) is 21.6 Å². The number of hydrogen-bond donors (Lipinski definition) is 2. The number of fused-ring (bicyclic) bond motifs is 1. The van der Waals surface area contributed by atoms with Gasteiger partial charge in [0.15, 0.2) is 0 Å².